The number of anilines is 1. The summed E-state index contributed by atoms with van der Waals surface area (Å²) in [6.45, 7) is 2.34. The number of benzene rings is 1. The number of ether oxygens (including phenoxy) is 2. The molecule has 0 saturated heterocycles. The van der Waals surface area contributed by atoms with Crippen LogP contribution in [-0.2, 0) is 4.74 Å². The van der Waals surface area contributed by atoms with E-state index in [1.165, 1.54) is 13.2 Å². The third-order valence-corrected chi connectivity index (χ3v) is 2.69. The number of halogens is 1. The van der Waals surface area contributed by atoms with E-state index in [1.54, 1.807) is 7.11 Å². The number of nitro benzene ring substituents is 1. The van der Waals surface area contributed by atoms with Crippen molar-refractivity contribution >= 4 is 11.4 Å². The van der Waals surface area contributed by atoms with E-state index in [-0.39, 0.29) is 17.5 Å². The van der Waals surface area contributed by atoms with Gasteiger partial charge in [0, 0.05) is 19.2 Å². The Morgan fingerprint density at radius 2 is 2.16 bits per heavy atom. The molecule has 1 aromatic rings. The number of nitrogens with zero attached hydrogens (tertiary/aromatic N) is 1. The fourth-order valence-corrected chi connectivity index (χ4v) is 1.64. The Bertz CT molecular complexity index is 454. The van der Waals surface area contributed by atoms with Crippen LogP contribution in [0.5, 0.6) is 5.75 Å². The summed E-state index contributed by atoms with van der Waals surface area (Å²) in [5, 5.41) is 13.7. The van der Waals surface area contributed by atoms with E-state index in [1.807, 2.05) is 6.92 Å². The fraction of sp³-hybridized carbons (Fsp3) is 0.500. The van der Waals surface area contributed by atoms with Crippen LogP contribution in [0.15, 0.2) is 12.1 Å². The molecule has 0 saturated carbocycles. The largest absolute Gasteiger partial charge is 0.490 e. The molecule has 0 heterocycles. The van der Waals surface area contributed by atoms with Crippen molar-refractivity contribution in [1.82, 2.24) is 0 Å². The maximum absolute atomic E-state index is 13.8. The van der Waals surface area contributed by atoms with Crippen molar-refractivity contribution in [2.45, 2.75) is 19.4 Å². The van der Waals surface area contributed by atoms with Crippen LogP contribution in [0.1, 0.15) is 13.3 Å². The lowest BCUT2D eigenvalue weighted by Crippen LogP contribution is -2.24. The number of hydrogen-bond donors (Lipinski definition) is 1. The van der Waals surface area contributed by atoms with Gasteiger partial charge in [-0.2, -0.15) is 0 Å². The fourth-order valence-electron chi connectivity index (χ4n) is 1.64. The van der Waals surface area contributed by atoms with Gasteiger partial charge < -0.3 is 14.8 Å². The number of rotatable bonds is 7. The Morgan fingerprint density at radius 1 is 1.47 bits per heavy atom. The minimum Gasteiger partial charge on any atom is -0.490 e. The van der Waals surface area contributed by atoms with Gasteiger partial charge >= 0.3 is 5.69 Å². The van der Waals surface area contributed by atoms with Gasteiger partial charge in [-0.05, 0) is 6.42 Å². The maximum atomic E-state index is 13.8. The SMILES string of the molecule is CCC(COC)Nc1cc(OC)c([N+](=O)[O-])cc1F. The summed E-state index contributed by atoms with van der Waals surface area (Å²) < 4.78 is 23.7. The summed E-state index contributed by atoms with van der Waals surface area (Å²) in [5.74, 6) is -0.678. The Morgan fingerprint density at radius 3 is 2.63 bits per heavy atom. The number of hydrogen-bond acceptors (Lipinski definition) is 5. The van der Waals surface area contributed by atoms with E-state index in [4.69, 9.17) is 9.47 Å². The molecule has 0 aliphatic rings. The molecule has 0 aliphatic carbocycles. The van der Waals surface area contributed by atoms with E-state index in [2.05, 4.69) is 5.32 Å². The van der Waals surface area contributed by atoms with Crippen LogP contribution >= 0.6 is 0 Å². The average Bonchev–Trinajstić information content (AvgIpc) is 2.39. The van der Waals surface area contributed by atoms with Crippen LogP contribution in [0.2, 0.25) is 0 Å². The zero-order valence-electron chi connectivity index (χ0n) is 11.1. The highest BCUT2D eigenvalue weighted by molar-refractivity contribution is 5.59. The molecule has 0 amide bonds. The molecule has 0 spiro atoms. The van der Waals surface area contributed by atoms with Crippen LogP contribution in [-0.4, -0.2) is 31.8 Å². The maximum Gasteiger partial charge on any atom is 0.313 e. The highest BCUT2D eigenvalue weighted by Gasteiger charge is 2.20. The summed E-state index contributed by atoms with van der Waals surface area (Å²) in [7, 11) is 2.85. The molecule has 106 valence electrons. The second-order valence-corrected chi connectivity index (χ2v) is 3.97. The summed E-state index contributed by atoms with van der Waals surface area (Å²) in [6.07, 6.45) is 0.729. The Balaban J connectivity index is 3.05. The number of nitrogens with one attached hydrogen (secondary N) is 1. The predicted molar refractivity (Wildman–Crippen MR) is 69.2 cm³/mol. The highest BCUT2D eigenvalue weighted by Crippen LogP contribution is 2.32. The van der Waals surface area contributed by atoms with Gasteiger partial charge in [0.2, 0.25) is 0 Å². The minimum absolute atomic E-state index is 0.0150. The molecule has 0 radical (unpaired) electrons. The zero-order valence-corrected chi connectivity index (χ0v) is 11.1. The predicted octanol–water partition coefficient (Wildman–Crippen LogP) is 2.58. The molecular weight excluding hydrogens is 255 g/mol. The third kappa shape index (κ3) is 3.78. The van der Waals surface area contributed by atoms with Crippen LogP contribution in [0.25, 0.3) is 0 Å². The van der Waals surface area contributed by atoms with E-state index in [0.29, 0.717) is 6.61 Å². The van der Waals surface area contributed by atoms with Crippen molar-refractivity contribution in [3.05, 3.63) is 28.1 Å². The number of methoxy groups -OCH3 is 2. The van der Waals surface area contributed by atoms with Gasteiger partial charge in [0.15, 0.2) is 11.6 Å². The van der Waals surface area contributed by atoms with Crippen molar-refractivity contribution in [1.29, 1.82) is 0 Å². The van der Waals surface area contributed by atoms with Crippen LogP contribution in [0, 0.1) is 15.9 Å². The first kappa shape index (κ1) is 15.2. The van der Waals surface area contributed by atoms with Crippen molar-refractivity contribution < 1.29 is 18.8 Å². The lowest BCUT2D eigenvalue weighted by Gasteiger charge is -2.18. The molecule has 0 fully saturated rings. The lowest BCUT2D eigenvalue weighted by molar-refractivity contribution is -0.385. The first-order valence-electron chi connectivity index (χ1n) is 5.80. The van der Waals surface area contributed by atoms with Gasteiger partial charge in [-0.25, -0.2) is 4.39 Å². The van der Waals surface area contributed by atoms with Gasteiger partial charge in [0.05, 0.1) is 30.4 Å². The Labute approximate surface area is 110 Å². The molecule has 1 atom stereocenters. The molecule has 1 unspecified atom stereocenters. The quantitative estimate of drug-likeness (QED) is 0.610. The molecule has 19 heavy (non-hydrogen) atoms. The summed E-state index contributed by atoms with van der Waals surface area (Å²) >= 11 is 0. The van der Waals surface area contributed by atoms with Crippen molar-refractivity contribution in [2.24, 2.45) is 0 Å². The van der Waals surface area contributed by atoms with E-state index in [0.717, 1.165) is 12.5 Å². The standard InChI is InChI=1S/C12H17FN2O4/c1-4-8(7-18-2)14-10-6-12(19-3)11(15(16)17)5-9(10)13/h5-6,8,14H,4,7H2,1-3H3. The molecule has 1 N–H and O–H groups in total. The van der Waals surface area contributed by atoms with Crippen molar-refractivity contribution in [2.75, 3.05) is 26.1 Å². The smallest absolute Gasteiger partial charge is 0.313 e. The first-order chi connectivity index (χ1) is 9.03. The molecule has 7 heteroatoms. The molecule has 0 bridgehead atoms. The van der Waals surface area contributed by atoms with Crippen LogP contribution in [0.4, 0.5) is 15.8 Å². The van der Waals surface area contributed by atoms with Crippen LogP contribution in [0.3, 0.4) is 0 Å². The molecular formula is C12H17FN2O4. The Kier molecular flexibility index (Phi) is 5.50. The Hall–Kier alpha value is -1.89. The summed E-state index contributed by atoms with van der Waals surface area (Å²) in [5.41, 5.74) is -0.239. The normalized spacial score (nSPS) is 12.0. The molecule has 6 nitrogen and oxygen atoms in total. The van der Waals surface area contributed by atoms with Gasteiger partial charge in [-0.15, -0.1) is 0 Å². The van der Waals surface area contributed by atoms with Crippen molar-refractivity contribution in [3.63, 3.8) is 0 Å². The third-order valence-electron chi connectivity index (χ3n) is 2.69. The summed E-state index contributed by atoms with van der Waals surface area (Å²) in [4.78, 5) is 10.1. The molecule has 1 rings (SSSR count). The van der Waals surface area contributed by atoms with E-state index in [9.17, 15) is 14.5 Å². The van der Waals surface area contributed by atoms with Gasteiger partial charge in [-0.1, -0.05) is 6.92 Å². The highest BCUT2D eigenvalue weighted by atomic mass is 19.1. The molecule has 0 aromatic heterocycles. The van der Waals surface area contributed by atoms with E-state index < -0.39 is 16.4 Å². The molecule has 1 aromatic carbocycles. The topological polar surface area (TPSA) is 73.6 Å². The second-order valence-electron chi connectivity index (χ2n) is 3.97. The van der Waals surface area contributed by atoms with E-state index >= 15 is 0 Å². The zero-order chi connectivity index (χ0) is 14.4. The summed E-state index contributed by atoms with van der Waals surface area (Å²) in [6, 6.07) is 2.05. The van der Waals surface area contributed by atoms with Crippen molar-refractivity contribution in [3.8, 4) is 5.75 Å². The lowest BCUT2D eigenvalue weighted by atomic mass is 10.2. The van der Waals surface area contributed by atoms with Gasteiger partial charge in [0.25, 0.3) is 0 Å². The van der Waals surface area contributed by atoms with Crippen LogP contribution < -0.4 is 10.1 Å². The van der Waals surface area contributed by atoms with Gasteiger partial charge in [-0.3, -0.25) is 10.1 Å². The average molecular weight is 272 g/mol. The van der Waals surface area contributed by atoms with Gasteiger partial charge in [0.1, 0.15) is 0 Å². The first-order valence-corrected chi connectivity index (χ1v) is 5.80. The molecule has 0 aliphatic heterocycles. The monoisotopic (exact) mass is 272 g/mol. The minimum atomic E-state index is -0.693. The second kappa shape index (κ2) is 6.89. The number of nitro groups is 1.